The molecule has 2 heteroatoms. The monoisotopic (exact) mass is 249 g/mol. The van der Waals surface area contributed by atoms with Crippen LogP contribution >= 0.6 is 0 Å². The third kappa shape index (κ3) is 5.54. The molecule has 1 aromatic carbocycles. The lowest BCUT2D eigenvalue weighted by molar-refractivity contribution is 0.407. The topological polar surface area (TPSA) is 21.3 Å². The summed E-state index contributed by atoms with van der Waals surface area (Å²) in [4.78, 5) is 0. The largest absolute Gasteiger partial charge is 0.497 e. The first-order chi connectivity index (χ1) is 8.65. The average Bonchev–Trinajstić information content (AvgIpc) is 2.35. The smallest absolute Gasteiger partial charge is 0.119 e. The van der Waals surface area contributed by atoms with Gasteiger partial charge in [-0.3, -0.25) is 0 Å². The minimum absolute atomic E-state index is 0.567. The maximum Gasteiger partial charge on any atom is 0.119 e. The molecule has 102 valence electrons. The van der Waals surface area contributed by atoms with Gasteiger partial charge in [-0.15, -0.1) is 0 Å². The molecule has 0 bridgehead atoms. The SMILES string of the molecule is CCCNC(Cc1cccc(OC)c1)CC(C)C. The summed E-state index contributed by atoms with van der Waals surface area (Å²) in [5, 5.41) is 3.65. The number of rotatable bonds is 8. The van der Waals surface area contributed by atoms with Crippen LogP contribution in [0.15, 0.2) is 24.3 Å². The molecule has 0 heterocycles. The molecular weight excluding hydrogens is 222 g/mol. The molecule has 1 unspecified atom stereocenters. The van der Waals surface area contributed by atoms with Gasteiger partial charge >= 0.3 is 0 Å². The van der Waals surface area contributed by atoms with Gasteiger partial charge in [-0.2, -0.15) is 0 Å². The van der Waals surface area contributed by atoms with E-state index in [0.29, 0.717) is 6.04 Å². The summed E-state index contributed by atoms with van der Waals surface area (Å²) in [6.07, 6.45) is 3.49. The van der Waals surface area contributed by atoms with Gasteiger partial charge < -0.3 is 10.1 Å². The van der Waals surface area contributed by atoms with E-state index < -0.39 is 0 Å². The lowest BCUT2D eigenvalue weighted by Crippen LogP contribution is -2.33. The summed E-state index contributed by atoms with van der Waals surface area (Å²) in [7, 11) is 1.72. The highest BCUT2D eigenvalue weighted by molar-refractivity contribution is 5.28. The Kier molecular flexibility index (Phi) is 6.81. The van der Waals surface area contributed by atoms with Crippen LogP contribution in [0.3, 0.4) is 0 Å². The summed E-state index contributed by atoms with van der Waals surface area (Å²) in [6.45, 7) is 7.88. The Morgan fingerprint density at radius 1 is 1.28 bits per heavy atom. The van der Waals surface area contributed by atoms with E-state index in [1.165, 1.54) is 18.4 Å². The predicted molar refractivity (Wildman–Crippen MR) is 78.2 cm³/mol. The Hall–Kier alpha value is -1.02. The first kappa shape index (κ1) is 15.0. The van der Waals surface area contributed by atoms with Crippen LogP contribution in [0.1, 0.15) is 39.2 Å². The van der Waals surface area contributed by atoms with E-state index in [-0.39, 0.29) is 0 Å². The maximum absolute atomic E-state index is 5.28. The highest BCUT2D eigenvalue weighted by atomic mass is 16.5. The molecule has 18 heavy (non-hydrogen) atoms. The first-order valence-electron chi connectivity index (χ1n) is 7.02. The number of hydrogen-bond acceptors (Lipinski definition) is 2. The van der Waals surface area contributed by atoms with Gasteiger partial charge in [0.1, 0.15) is 5.75 Å². The first-order valence-corrected chi connectivity index (χ1v) is 7.02. The fourth-order valence-corrected chi connectivity index (χ4v) is 2.24. The summed E-state index contributed by atoms with van der Waals surface area (Å²) >= 11 is 0. The lowest BCUT2D eigenvalue weighted by atomic mass is 9.97. The molecule has 1 atom stereocenters. The summed E-state index contributed by atoms with van der Waals surface area (Å²) in [5.41, 5.74) is 1.35. The second-order valence-electron chi connectivity index (χ2n) is 5.34. The number of ether oxygens (including phenoxy) is 1. The van der Waals surface area contributed by atoms with Gasteiger partial charge in [-0.05, 0) is 49.4 Å². The molecule has 1 rings (SSSR count). The van der Waals surface area contributed by atoms with Crippen molar-refractivity contribution in [1.82, 2.24) is 5.32 Å². The molecule has 0 radical (unpaired) electrons. The molecule has 0 aliphatic rings. The van der Waals surface area contributed by atoms with Crippen LogP contribution in [0.25, 0.3) is 0 Å². The standard InChI is InChI=1S/C16H27NO/c1-5-9-17-15(10-13(2)3)11-14-7-6-8-16(12-14)18-4/h6-8,12-13,15,17H,5,9-11H2,1-4H3. The molecular formula is C16H27NO. The van der Waals surface area contributed by atoms with E-state index in [4.69, 9.17) is 4.74 Å². The molecule has 0 saturated carbocycles. The van der Waals surface area contributed by atoms with Crippen molar-refractivity contribution in [3.8, 4) is 5.75 Å². The molecule has 0 saturated heterocycles. The fraction of sp³-hybridized carbons (Fsp3) is 0.625. The van der Waals surface area contributed by atoms with Gasteiger partial charge in [0.25, 0.3) is 0 Å². The molecule has 0 amide bonds. The number of nitrogens with one attached hydrogen (secondary N) is 1. The zero-order chi connectivity index (χ0) is 13.4. The Morgan fingerprint density at radius 2 is 2.06 bits per heavy atom. The Balaban J connectivity index is 2.62. The second-order valence-corrected chi connectivity index (χ2v) is 5.34. The summed E-state index contributed by atoms with van der Waals surface area (Å²) < 4.78 is 5.28. The van der Waals surface area contributed by atoms with Gasteiger partial charge in [0.05, 0.1) is 7.11 Å². The maximum atomic E-state index is 5.28. The third-order valence-electron chi connectivity index (χ3n) is 3.06. The highest BCUT2D eigenvalue weighted by Gasteiger charge is 2.11. The zero-order valence-corrected chi connectivity index (χ0v) is 12.2. The molecule has 0 aromatic heterocycles. The van der Waals surface area contributed by atoms with Crippen LogP contribution in [0.5, 0.6) is 5.75 Å². The molecule has 0 fully saturated rings. The Bertz CT molecular complexity index is 336. The molecule has 1 N–H and O–H groups in total. The number of benzene rings is 1. The van der Waals surface area contributed by atoms with Crippen molar-refractivity contribution in [2.45, 2.75) is 46.1 Å². The molecule has 1 aromatic rings. The van der Waals surface area contributed by atoms with E-state index in [2.05, 4.69) is 44.3 Å². The minimum atomic E-state index is 0.567. The van der Waals surface area contributed by atoms with Crippen LogP contribution < -0.4 is 10.1 Å². The quantitative estimate of drug-likeness (QED) is 0.759. The zero-order valence-electron chi connectivity index (χ0n) is 12.2. The van der Waals surface area contributed by atoms with E-state index in [1.54, 1.807) is 7.11 Å². The molecule has 0 spiro atoms. The average molecular weight is 249 g/mol. The normalized spacial score (nSPS) is 12.7. The lowest BCUT2D eigenvalue weighted by Gasteiger charge is -2.20. The van der Waals surface area contributed by atoms with Crippen molar-refractivity contribution < 1.29 is 4.74 Å². The van der Waals surface area contributed by atoms with Gasteiger partial charge in [0, 0.05) is 6.04 Å². The Morgan fingerprint density at radius 3 is 2.67 bits per heavy atom. The van der Waals surface area contributed by atoms with E-state index in [9.17, 15) is 0 Å². The van der Waals surface area contributed by atoms with Crippen molar-refractivity contribution >= 4 is 0 Å². The van der Waals surface area contributed by atoms with E-state index >= 15 is 0 Å². The highest BCUT2D eigenvalue weighted by Crippen LogP contribution is 2.16. The summed E-state index contributed by atoms with van der Waals surface area (Å²) in [6, 6.07) is 8.96. The predicted octanol–water partition coefficient (Wildman–Crippen LogP) is 3.65. The fourth-order valence-electron chi connectivity index (χ4n) is 2.24. The Labute approximate surface area is 112 Å². The molecule has 2 nitrogen and oxygen atoms in total. The van der Waals surface area contributed by atoms with Crippen LogP contribution in [0, 0.1) is 5.92 Å². The van der Waals surface area contributed by atoms with E-state index in [1.807, 2.05) is 6.07 Å². The van der Waals surface area contributed by atoms with Crippen molar-refractivity contribution in [1.29, 1.82) is 0 Å². The number of methoxy groups -OCH3 is 1. The van der Waals surface area contributed by atoms with Crippen molar-refractivity contribution in [3.63, 3.8) is 0 Å². The third-order valence-corrected chi connectivity index (χ3v) is 3.06. The molecule has 0 aliphatic heterocycles. The minimum Gasteiger partial charge on any atom is -0.497 e. The summed E-state index contributed by atoms with van der Waals surface area (Å²) in [5.74, 6) is 1.68. The van der Waals surface area contributed by atoms with Crippen LogP contribution in [0.4, 0.5) is 0 Å². The van der Waals surface area contributed by atoms with Crippen LogP contribution in [-0.2, 0) is 6.42 Å². The van der Waals surface area contributed by atoms with Gasteiger partial charge in [-0.25, -0.2) is 0 Å². The number of hydrogen-bond donors (Lipinski definition) is 1. The van der Waals surface area contributed by atoms with Crippen LogP contribution in [-0.4, -0.2) is 19.7 Å². The van der Waals surface area contributed by atoms with Gasteiger partial charge in [-0.1, -0.05) is 32.9 Å². The molecule has 0 aliphatic carbocycles. The van der Waals surface area contributed by atoms with Crippen LogP contribution in [0.2, 0.25) is 0 Å². The van der Waals surface area contributed by atoms with Crippen molar-refractivity contribution in [3.05, 3.63) is 29.8 Å². The van der Waals surface area contributed by atoms with E-state index in [0.717, 1.165) is 24.6 Å². The van der Waals surface area contributed by atoms with Crippen molar-refractivity contribution in [2.24, 2.45) is 5.92 Å². The van der Waals surface area contributed by atoms with Gasteiger partial charge in [0.2, 0.25) is 0 Å². The van der Waals surface area contributed by atoms with Crippen molar-refractivity contribution in [2.75, 3.05) is 13.7 Å². The van der Waals surface area contributed by atoms with Gasteiger partial charge in [0.15, 0.2) is 0 Å². The second kappa shape index (κ2) is 8.15.